The highest BCUT2D eigenvalue weighted by Gasteiger charge is 1.80. The first kappa shape index (κ1) is 11.9. The zero-order chi connectivity index (χ0) is 9.78. The second kappa shape index (κ2) is 10.9. The molecule has 0 radical (unpaired) electrons. The van der Waals surface area contributed by atoms with Crippen LogP contribution in [0, 0.1) is 0 Å². The van der Waals surface area contributed by atoms with Gasteiger partial charge in [0.2, 0.25) is 0 Å². The number of rotatable bonds is 4. The van der Waals surface area contributed by atoms with E-state index in [1.54, 1.807) is 6.21 Å². The molecule has 0 saturated carbocycles. The molecule has 1 aliphatic heterocycles. The number of allylic oxidation sites excluding steroid dienone is 1. The van der Waals surface area contributed by atoms with Gasteiger partial charge in [-0.3, -0.25) is 4.99 Å². The first-order valence-electron chi connectivity index (χ1n) is 4.73. The van der Waals surface area contributed by atoms with Gasteiger partial charge in [0.1, 0.15) is 13.0 Å². The number of nitrogens with zero attached hydrogens (tertiary/aromatic N) is 1. The van der Waals surface area contributed by atoms with Crippen LogP contribution >= 0.6 is 0 Å². The lowest BCUT2D eigenvalue weighted by Gasteiger charge is -1.94. The molecule has 3 heteroatoms. The Morgan fingerprint density at radius 2 is 2.38 bits per heavy atom. The lowest BCUT2D eigenvalue weighted by Crippen LogP contribution is -2.06. The fourth-order valence-corrected chi connectivity index (χ4v) is 0.808. The Balaban J connectivity index is 0.000000223. The summed E-state index contributed by atoms with van der Waals surface area (Å²) >= 11 is 0. The van der Waals surface area contributed by atoms with Crippen molar-refractivity contribution >= 4 is 12.5 Å². The van der Waals surface area contributed by atoms with Crippen molar-refractivity contribution in [3.8, 4) is 0 Å². The van der Waals surface area contributed by atoms with Gasteiger partial charge < -0.3 is 10.1 Å². The molecule has 0 unspecified atom stereocenters. The number of hydrogen-bond acceptors (Lipinski definition) is 3. The summed E-state index contributed by atoms with van der Waals surface area (Å²) in [6, 6.07) is 0. The number of aldehydes is 1. The maximum Gasteiger partial charge on any atom is 0.119 e. The van der Waals surface area contributed by atoms with Crippen molar-refractivity contribution in [2.45, 2.75) is 32.6 Å². The van der Waals surface area contributed by atoms with Gasteiger partial charge >= 0.3 is 0 Å². The van der Waals surface area contributed by atoms with E-state index in [-0.39, 0.29) is 0 Å². The Morgan fingerprint density at radius 1 is 1.54 bits per heavy atom. The summed E-state index contributed by atoms with van der Waals surface area (Å²) in [4.78, 5) is 13.5. The van der Waals surface area contributed by atoms with Crippen LogP contribution in [0.2, 0.25) is 0 Å². The van der Waals surface area contributed by atoms with Crippen molar-refractivity contribution in [2.24, 2.45) is 4.99 Å². The van der Waals surface area contributed by atoms with Gasteiger partial charge in [-0.15, -0.1) is 0 Å². The Morgan fingerprint density at radius 3 is 2.69 bits per heavy atom. The molecule has 0 saturated heterocycles. The predicted octanol–water partition coefficient (Wildman–Crippen LogP) is 1.90. The largest absolute Gasteiger partial charge is 0.372 e. The van der Waals surface area contributed by atoms with E-state index in [0.29, 0.717) is 0 Å². The quantitative estimate of drug-likeness (QED) is 0.533. The van der Waals surface area contributed by atoms with E-state index < -0.39 is 0 Å². The highest BCUT2D eigenvalue weighted by Crippen LogP contribution is 1.94. The Labute approximate surface area is 79.9 Å². The lowest BCUT2D eigenvalue weighted by atomic mass is 10.2. The second-order valence-corrected chi connectivity index (χ2v) is 2.72. The van der Waals surface area contributed by atoms with Crippen LogP contribution in [0.4, 0.5) is 0 Å². The van der Waals surface area contributed by atoms with Crippen LogP contribution in [-0.4, -0.2) is 19.2 Å². The molecule has 0 aromatic rings. The first-order valence-corrected chi connectivity index (χ1v) is 4.73. The molecule has 1 heterocycles. The van der Waals surface area contributed by atoms with E-state index in [0.717, 1.165) is 25.8 Å². The molecule has 0 fully saturated rings. The predicted molar refractivity (Wildman–Crippen MR) is 55.8 cm³/mol. The van der Waals surface area contributed by atoms with Gasteiger partial charge in [-0.1, -0.05) is 19.8 Å². The third kappa shape index (κ3) is 10.9. The zero-order valence-electron chi connectivity index (χ0n) is 8.20. The standard InChI is InChI=1S/C6H12O.C4H6N2/c1-2-3-4-5-6-7;1-2-5-4-6-3-1/h6H,2-5H2,1H3;1-3,5H,4H2. The molecule has 0 aromatic heterocycles. The van der Waals surface area contributed by atoms with Crippen molar-refractivity contribution in [1.29, 1.82) is 0 Å². The van der Waals surface area contributed by atoms with Crippen molar-refractivity contribution in [1.82, 2.24) is 5.32 Å². The molecule has 74 valence electrons. The maximum absolute atomic E-state index is 9.68. The fraction of sp³-hybridized carbons (Fsp3) is 0.600. The van der Waals surface area contributed by atoms with E-state index >= 15 is 0 Å². The summed E-state index contributed by atoms with van der Waals surface area (Å²) in [5.74, 6) is 0. The summed E-state index contributed by atoms with van der Waals surface area (Å²) in [6.45, 7) is 2.86. The minimum absolute atomic E-state index is 0.733. The Bertz CT molecular complexity index is 152. The van der Waals surface area contributed by atoms with Crippen LogP contribution in [0.25, 0.3) is 0 Å². The molecule has 3 nitrogen and oxygen atoms in total. The molecule has 0 aliphatic carbocycles. The summed E-state index contributed by atoms with van der Waals surface area (Å²) in [6.07, 6.45) is 10.7. The summed E-state index contributed by atoms with van der Waals surface area (Å²) < 4.78 is 0. The van der Waals surface area contributed by atoms with Crippen molar-refractivity contribution in [3.63, 3.8) is 0 Å². The third-order valence-corrected chi connectivity index (χ3v) is 1.51. The number of aliphatic imine (C=N–C) groups is 1. The zero-order valence-corrected chi connectivity index (χ0v) is 8.20. The molecule has 0 aromatic carbocycles. The minimum Gasteiger partial charge on any atom is -0.372 e. The van der Waals surface area contributed by atoms with Gasteiger partial charge in [-0.25, -0.2) is 0 Å². The molecule has 1 N–H and O–H groups in total. The van der Waals surface area contributed by atoms with Gasteiger partial charge in [-0.05, 0) is 18.7 Å². The number of unbranched alkanes of at least 4 members (excludes halogenated alkanes) is 3. The maximum atomic E-state index is 9.68. The smallest absolute Gasteiger partial charge is 0.119 e. The monoisotopic (exact) mass is 182 g/mol. The molecule has 13 heavy (non-hydrogen) atoms. The molecule has 0 atom stereocenters. The topological polar surface area (TPSA) is 41.5 Å². The molecular weight excluding hydrogens is 164 g/mol. The summed E-state index contributed by atoms with van der Waals surface area (Å²) in [5, 5.41) is 2.91. The van der Waals surface area contributed by atoms with E-state index in [1.807, 2.05) is 12.3 Å². The molecule has 0 bridgehead atoms. The van der Waals surface area contributed by atoms with E-state index in [2.05, 4.69) is 17.2 Å². The van der Waals surface area contributed by atoms with Gasteiger partial charge in [0.05, 0.1) is 0 Å². The van der Waals surface area contributed by atoms with Crippen LogP contribution in [0.15, 0.2) is 17.3 Å². The third-order valence-electron chi connectivity index (χ3n) is 1.51. The average Bonchev–Trinajstić information content (AvgIpc) is 2.22. The lowest BCUT2D eigenvalue weighted by molar-refractivity contribution is -0.107. The summed E-state index contributed by atoms with van der Waals surface area (Å²) in [5.41, 5.74) is 0. The second-order valence-electron chi connectivity index (χ2n) is 2.72. The molecule has 0 spiro atoms. The number of carbonyl (C=O) groups is 1. The van der Waals surface area contributed by atoms with Gasteiger partial charge in [0.25, 0.3) is 0 Å². The van der Waals surface area contributed by atoms with Crippen LogP contribution in [0.3, 0.4) is 0 Å². The van der Waals surface area contributed by atoms with Gasteiger partial charge in [0.15, 0.2) is 0 Å². The van der Waals surface area contributed by atoms with Crippen LogP contribution < -0.4 is 5.32 Å². The van der Waals surface area contributed by atoms with E-state index in [1.165, 1.54) is 12.8 Å². The average molecular weight is 182 g/mol. The van der Waals surface area contributed by atoms with Gasteiger partial charge in [-0.2, -0.15) is 0 Å². The number of carbonyl (C=O) groups excluding carboxylic acids is 1. The molecule has 0 amide bonds. The highest BCUT2D eigenvalue weighted by atomic mass is 16.1. The Kier molecular flexibility index (Phi) is 9.94. The highest BCUT2D eigenvalue weighted by molar-refractivity contribution is 5.71. The van der Waals surface area contributed by atoms with Crippen molar-refractivity contribution in [3.05, 3.63) is 12.3 Å². The van der Waals surface area contributed by atoms with Crippen LogP contribution in [-0.2, 0) is 4.79 Å². The van der Waals surface area contributed by atoms with E-state index in [9.17, 15) is 4.79 Å². The first-order chi connectivity index (χ1) is 6.41. The fourth-order valence-electron chi connectivity index (χ4n) is 0.808. The van der Waals surface area contributed by atoms with Crippen molar-refractivity contribution in [2.75, 3.05) is 6.67 Å². The Hall–Kier alpha value is -1.12. The summed E-state index contributed by atoms with van der Waals surface area (Å²) in [7, 11) is 0. The molecular formula is C10H18N2O. The SMILES string of the molecule is C1=CNCN=C1.CCCCCC=O. The normalized spacial score (nSPS) is 12.7. The van der Waals surface area contributed by atoms with Crippen LogP contribution in [0.1, 0.15) is 32.6 Å². The van der Waals surface area contributed by atoms with E-state index in [4.69, 9.17) is 0 Å². The van der Waals surface area contributed by atoms with Crippen LogP contribution in [0.5, 0.6) is 0 Å². The van der Waals surface area contributed by atoms with Crippen molar-refractivity contribution < 1.29 is 4.79 Å². The van der Waals surface area contributed by atoms with Gasteiger partial charge in [0, 0.05) is 12.6 Å². The number of nitrogens with one attached hydrogen (secondary N) is 1. The number of hydrogen-bond donors (Lipinski definition) is 1. The molecule has 1 aliphatic rings. The molecule has 1 rings (SSSR count). The minimum atomic E-state index is 0.733.